The molecule has 19 heavy (non-hydrogen) atoms. The highest BCUT2D eigenvalue weighted by atomic mass is 19.1. The van der Waals surface area contributed by atoms with Crippen molar-refractivity contribution in [3.8, 4) is 0 Å². The Bertz CT molecular complexity index is 435. The van der Waals surface area contributed by atoms with Crippen LogP contribution in [-0.4, -0.2) is 11.8 Å². The minimum absolute atomic E-state index is 0.172. The van der Waals surface area contributed by atoms with Crippen LogP contribution in [0.3, 0.4) is 0 Å². The zero-order valence-electron chi connectivity index (χ0n) is 11.0. The van der Waals surface area contributed by atoms with E-state index in [0.29, 0.717) is 6.42 Å². The number of rotatable bonds is 6. The highest BCUT2D eigenvalue weighted by Crippen LogP contribution is 2.03. The number of carbonyl (C=O) groups is 2. The fraction of sp³-hybridized carbons (Fsp3) is 0.429. The second-order valence-corrected chi connectivity index (χ2v) is 4.32. The number of carbonyl (C=O) groups excluding carboxylic acids is 2. The average molecular weight is 266 g/mol. The van der Waals surface area contributed by atoms with E-state index < -0.39 is 11.7 Å². The first-order valence-corrected chi connectivity index (χ1v) is 6.48. The van der Waals surface area contributed by atoms with Crippen molar-refractivity contribution in [3.63, 3.8) is 0 Å². The zero-order chi connectivity index (χ0) is 14.1. The Morgan fingerprint density at radius 3 is 2.63 bits per heavy atom. The summed E-state index contributed by atoms with van der Waals surface area (Å²) in [5.41, 5.74) is 4.75. The molecule has 0 atom stereocenters. The molecule has 1 rings (SSSR count). The van der Waals surface area contributed by atoms with Crippen molar-refractivity contribution in [2.45, 2.75) is 39.0 Å². The van der Waals surface area contributed by atoms with Crippen LogP contribution in [0.25, 0.3) is 0 Å². The molecular weight excluding hydrogens is 247 g/mol. The van der Waals surface area contributed by atoms with E-state index in [2.05, 4.69) is 17.8 Å². The molecule has 2 N–H and O–H groups in total. The van der Waals surface area contributed by atoms with Crippen molar-refractivity contribution in [3.05, 3.63) is 35.6 Å². The fourth-order valence-electron chi connectivity index (χ4n) is 1.60. The van der Waals surface area contributed by atoms with E-state index in [9.17, 15) is 14.0 Å². The maximum Gasteiger partial charge on any atom is 0.269 e. The van der Waals surface area contributed by atoms with E-state index in [4.69, 9.17) is 0 Å². The fourth-order valence-corrected chi connectivity index (χ4v) is 1.60. The molecule has 0 aliphatic heterocycles. The van der Waals surface area contributed by atoms with E-state index in [1.165, 1.54) is 18.2 Å². The molecule has 0 heterocycles. The van der Waals surface area contributed by atoms with Gasteiger partial charge in [-0.25, -0.2) is 4.39 Å². The van der Waals surface area contributed by atoms with Gasteiger partial charge >= 0.3 is 0 Å². The molecule has 0 radical (unpaired) electrons. The van der Waals surface area contributed by atoms with Gasteiger partial charge in [-0.1, -0.05) is 32.3 Å². The highest BCUT2D eigenvalue weighted by Gasteiger charge is 2.07. The normalized spacial score (nSPS) is 10.0. The van der Waals surface area contributed by atoms with Crippen LogP contribution in [-0.2, 0) is 4.79 Å². The third kappa shape index (κ3) is 5.99. The standard InChI is InChI=1S/C14H19FN2O2/c1-2-3-4-5-9-13(18)16-17-14(19)11-7-6-8-12(15)10-11/h6-8,10H,2-5,9H2,1H3,(H,16,18)(H,17,19). The lowest BCUT2D eigenvalue weighted by Crippen LogP contribution is -2.41. The third-order valence-electron chi connectivity index (χ3n) is 2.66. The Balaban J connectivity index is 2.28. The molecule has 5 heteroatoms. The van der Waals surface area contributed by atoms with Crippen molar-refractivity contribution >= 4 is 11.8 Å². The summed E-state index contributed by atoms with van der Waals surface area (Å²) in [6.07, 6.45) is 4.39. The maximum absolute atomic E-state index is 12.9. The summed E-state index contributed by atoms with van der Waals surface area (Å²) in [5.74, 6) is -1.25. The van der Waals surface area contributed by atoms with Crippen LogP contribution in [0.1, 0.15) is 49.4 Å². The van der Waals surface area contributed by atoms with Gasteiger partial charge in [-0.3, -0.25) is 20.4 Å². The van der Waals surface area contributed by atoms with Crippen molar-refractivity contribution in [1.29, 1.82) is 0 Å². The summed E-state index contributed by atoms with van der Waals surface area (Å²) in [7, 11) is 0. The Morgan fingerprint density at radius 1 is 1.16 bits per heavy atom. The maximum atomic E-state index is 12.9. The average Bonchev–Trinajstić information content (AvgIpc) is 2.41. The number of hydrazine groups is 1. The van der Waals surface area contributed by atoms with E-state index in [1.807, 2.05) is 0 Å². The number of amides is 2. The van der Waals surface area contributed by atoms with Gasteiger partial charge in [0.05, 0.1) is 0 Å². The molecule has 0 spiro atoms. The lowest BCUT2D eigenvalue weighted by Gasteiger charge is -2.07. The largest absolute Gasteiger partial charge is 0.273 e. The van der Waals surface area contributed by atoms with E-state index in [-0.39, 0.29) is 11.5 Å². The van der Waals surface area contributed by atoms with Crippen LogP contribution in [0.4, 0.5) is 4.39 Å². The van der Waals surface area contributed by atoms with Crippen molar-refractivity contribution < 1.29 is 14.0 Å². The molecule has 0 aromatic heterocycles. The van der Waals surface area contributed by atoms with E-state index in [0.717, 1.165) is 31.7 Å². The van der Waals surface area contributed by atoms with Crippen molar-refractivity contribution in [2.24, 2.45) is 0 Å². The van der Waals surface area contributed by atoms with Crippen LogP contribution in [0.5, 0.6) is 0 Å². The molecule has 0 bridgehead atoms. The van der Waals surface area contributed by atoms with Gasteiger partial charge in [-0.2, -0.15) is 0 Å². The predicted octanol–water partition coefficient (Wildman–Crippen LogP) is 2.56. The molecule has 0 unspecified atom stereocenters. The topological polar surface area (TPSA) is 58.2 Å². The van der Waals surface area contributed by atoms with Gasteiger partial charge in [0.1, 0.15) is 5.82 Å². The molecule has 0 fully saturated rings. The molecule has 1 aromatic carbocycles. The van der Waals surface area contributed by atoms with Crippen LogP contribution in [0.15, 0.2) is 24.3 Å². The third-order valence-corrected chi connectivity index (χ3v) is 2.66. The Morgan fingerprint density at radius 2 is 1.95 bits per heavy atom. The molecule has 104 valence electrons. The van der Waals surface area contributed by atoms with E-state index >= 15 is 0 Å². The number of nitrogens with one attached hydrogen (secondary N) is 2. The lowest BCUT2D eigenvalue weighted by molar-refractivity contribution is -0.122. The number of unbranched alkanes of at least 4 members (excludes halogenated alkanes) is 3. The van der Waals surface area contributed by atoms with Gasteiger partial charge < -0.3 is 0 Å². The van der Waals surface area contributed by atoms with E-state index in [1.54, 1.807) is 0 Å². The molecule has 2 amide bonds. The lowest BCUT2D eigenvalue weighted by atomic mass is 10.1. The number of hydrogen-bond donors (Lipinski definition) is 2. The first kappa shape index (κ1) is 15.1. The molecule has 0 aliphatic rings. The minimum Gasteiger partial charge on any atom is -0.273 e. The van der Waals surface area contributed by atoms with Crippen LogP contribution in [0.2, 0.25) is 0 Å². The molecule has 0 saturated heterocycles. The van der Waals surface area contributed by atoms with Crippen LogP contribution in [0, 0.1) is 5.82 Å². The summed E-state index contributed by atoms with van der Waals surface area (Å²) in [6, 6.07) is 5.29. The van der Waals surface area contributed by atoms with Gasteiger partial charge in [0.15, 0.2) is 0 Å². The monoisotopic (exact) mass is 266 g/mol. The van der Waals surface area contributed by atoms with Gasteiger partial charge in [-0.05, 0) is 24.6 Å². The molecule has 1 aromatic rings. The van der Waals surface area contributed by atoms with Crippen molar-refractivity contribution in [1.82, 2.24) is 10.9 Å². The summed E-state index contributed by atoms with van der Waals surface area (Å²) in [4.78, 5) is 23.0. The predicted molar refractivity (Wildman–Crippen MR) is 70.8 cm³/mol. The summed E-state index contributed by atoms with van der Waals surface area (Å²) < 4.78 is 12.9. The zero-order valence-corrected chi connectivity index (χ0v) is 11.0. The smallest absolute Gasteiger partial charge is 0.269 e. The first-order valence-electron chi connectivity index (χ1n) is 6.48. The molecule has 4 nitrogen and oxygen atoms in total. The second-order valence-electron chi connectivity index (χ2n) is 4.32. The Hall–Kier alpha value is -1.91. The molecular formula is C14H19FN2O2. The van der Waals surface area contributed by atoms with Gasteiger partial charge in [0.2, 0.25) is 5.91 Å². The summed E-state index contributed by atoms with van der Waals surface area (Å²) in [6.45, 7) is 2.10. The van der Waals surface area contributed by atoms with Gasteiger partial charge in [0, 0.05) is 12.0 Å². The van der Waals surface area contributed by atoms with Crippen molar-refractivity contribution in [2.75, 3.05) is 0 Å². The second kappa shape index (κ2) is 8.24. The summed E-state index contributed by atoms with van der Waals surface area (Å²) in [5, 5.41) is 0. The Kier molecular flexibility index (Phi) is 6.57. The first-order chi connectivity index (χ1) is 9.13. The van der Waals surface area contributed by atoms with Crippen LogP contribution < -0.4 is 10.9 Å². The van der Waals surface area contributed by atoms with Gasteiger partial charge in [0.25, 0.3) is 5.91 Å². The minimum atomic E-state index is -0.526. The highest BCUT2D eigenvalue weighted by molar-refractivity contribution is 5.95. The number of hydrogen-bond acceptors (Lipinski definition) is 2. The Labute approximate surface area is 112 Å². The summed E-state index contributed by atoms with van der Waals surface area (Å²) >= 11 is 0. The number of halogens is 1. The van der Waals surface area contributed by atoms with Gasteiger partial charge in [-0.15, -0.1) is 0 Å². The molecule has 0 aliphatic carbocycles. The molecule has 0 saturated carbocycles. The SMILES string of the molecule is CCCCCCC(=O)NNC(=O)c1cccc(F)c1. The number of benzene rings is 1. The quantitative estimate of drug-likeness (QED) is 0.614. The van der Waals surface area contributed by atoms with Crippen LogP contribution >= 0.6 is 0 Å².